The molecule has 1 amide bonds. The first-order valence-corrected chi connectivity index (χ1v) is 10.4. The Balaban J connectivity index is 2.27. The van der Waals surface area contributed by atoms with Crippen molar-refractivity contribution in [2.24, 2.45) is 0 Å². The zero-order valence-corrected chi connectivity index (χ0v) is 19.4. The van der Waals surface area contributed by atoms with Gasteiger partial charge in [0.2, 0.25) is 5.91 Å². The van der Waals surface area contributed by atoms with Gasteiger partial charge in [0, 0.05) is 12.1 Å². The molecule has 0 radical (unpaired) electrons. The van der Waals surface area contributed by atoms with Crippen molar-refractivity contribution in [2.45, 2.75) is 65.2 Å². The lowest BCUT2D eigenvalue weighted by atomic mass is 9.78. The summed E-state index contributed by atoms with van der Waals surface area (Å²) in [5.74, 6) is -2.66. The van der Waals surface area contributed by atoms with E-state index < -0.39 is 11.9 Å². The molecule has 0 aliphatic carbocycles. The van der Waals surface area contributed by atoms with Crippen molar-refractivity contribution in [3.8, 4) is 5.75 Å². The molecule has 7 heteroatoms. The van der Waals surface area contributed by atoms with E-state index in [4.69, 9.17) is 0 Å². The van der Waals surface area contributed by atoms with Gasteiger partial charge in [-0.05, 0) is 52.1 Å². The van der Waals surface area contributed by atoms with Gasteiger partial charge in [0.25, 0.3) is 0 Å². The van der Waals surface area contributed by atoms with E-state index in [0.29, 0.717) is 6.42 Å². The standard InChI is InChI=1S/C25H31NO6/c1-24(2,3)18-9-14(10-19(21(18)28)25(4,5)6)7-8-20(27)26-17-12-15(22(29)30)11-16(13-17)23(31)32/h9-13,28H,7-8H2,1-6H3,(H,26,27)(H,29,30)(H,31,32). The summed E-state index contributed by atoms with van der Waals surface area (Å²) in [4.78, 5) is 35.0. The maximum atomic E-state index is 12.5. The number of carboxylic acid groups (broad SMARTS) is 2. The molecule has 7 nitrogen and oxygen atoms in total. The third-order valence-electron chi connectivity index (χ3n) is 5.14. The van der Waals surface area contributed by atoms with Crippen LogP contribution in [0, 0.1) is 0 Å². The number of phenolic OH excluding ortho intramolecular Hbond substituents is 1. The van der Waals surface area contributed by atoms with Crippen LogP contribution in [0.1, 0.15) is 85.4 Å². The first kappa shape index (κ1) is 24.9. The number of aryl methyl sites for hydroxylation is 1. The van der Waals surface area contributed by atoms with Crippen molar-refractivity contribution >= 4 is 23.5 Å². The van der Waals surface area contributed by atoms with Crippen LogP contribution in [0.2, 0.25) is 0 Å². The topological polar surface area (TPSA) is 124 Å². The Hall–Kier alpha value is -3.35. The Bertz CT molecular complexity index is 990. The van der Waals surface area contributed by atoms with Crippen molar-refractivity contribution < 1.29 is 29.7 Å². The Morgan fingerprint density at radius 2 is 1.22 bits per heavy atom. The normalized spacial score (nSPS) is 11.8. The number of carbonyl (C=O) groups is 3. The van der Waals surface area contributed by atoms with Crippen molar-refractivity contribution in [3.05, 3.63) is 58.1 Å². The summed E-state index contributed by atoms with van der Waals surface area (Å²) in [6.07, 6.45) is 0.514. The third-order valence-corrected chi connectivity index (χ3v) is 5.14. The highest BCUT2D eigenvalue weighted by atomic mass is 16.4. The van der Waals surface area contributed by atoms with Crippen molar-refractivity contribution in [3.63, 3.8) is 0 Å². The number of amides is 1. The molecule has 0 saturated carbocycles. The summed E-state index contributed by atoms with van der Waals surface area (Å²) in [7, 11) is 0. The van der Waals surface area contributed by atoms with Gasteiger partial charge in [-0.2, -0.15) is 0 Å². The van der Waals surface area contributed by atoms with E-state index in [9.17, 15) is 29.7 Å². The van der Waals surface area contributed by atoms with E-state index in [1.54, 1.807) is 0 Å². The van der Waals surface area contributed by atoms with Gasteiger partial charge in [-0.3, -0.25) is 4.79 Å². The van der Waals surface area contributed by atoms with E-state index in [2.05, 4.69) is 5.32 Å². The number of phenols is 1. The number of carbonyl (C=O) groups excluding carboxylic acids is 1. The van der Waals surface area contributed by atoms with Gasteiger partial charge < -0.3 is 20.6 Å². The number of nitrogens with one attached hydrogen (secondary N) is 1. The molecule has 0 aliphatic heterocycles. The molecule has 0 aromatic heterocycles. The van der Waals surface area contributed by atoms with Crippen LogP contribution in [-0.2, 0) is 22.0 Å². The molecule has 2 aromatic rings. The number of anilines is 1. The van der Waals surface area contributed by atoms with Crippen LogP contribution in [0.15, 0.2) is 30.3 Å². The molecule has 2 aromatic carbocycles. The second-order valence-corrected chi connectivity index (χ2v) is 10.00. The molecule has 0 unspecified atom stereocenters. The lowest BCUT2D eigenvalue weighted by molar-refractivity contribution is -0.116. The van der Waals surface area contributed by atoms with Crippen molar-refractivity contribution in [1.29, 1.82) is 0 Å². The maximum Gasteiger partial charge on any atom is 0.335 e. The predicted octanol–water partition coefficient (Wildman–Crippen LogP) is 4.95. The van der Waals surface area contributed by atoms with Gasteiger partial charge in [-0.1, -0.05) is 53.7 Å². The van der Waals surface area contributed by atoms with Gasteiger partial charge in [-0.15, -0.1) is 0 Å². The van der Waals surface area contributed by atoms with Gasteiger partial charge in [0.15, 0.2) is 0 Å². The minimum atomic E-state index is -1.28. The quantitative estimate of drug-likeness (QED) is 0.503. The minimum absolute atomic E-state index is 0.109. The fourth-order valence-corrected chi connectivity index (χ4v) is 3.41. The minimum Gasteiger partial charge on any atom is -0.507 e. The van der Waals surface area contributed by atoms with Crippen LogP contribution in [0.5, 0.6) is 5.75 Å². The molecule has 4 N–H and O–H groups in total. The second kappa shape index (κ2) is 9.02. The van der Waals surface area contributed by atoms with Gasteiger partial charge in [0.1, 0.15) is 5.75 Å². The summed E-state index contributed by atoms with van der Waals surface area (Å²) in [5, 5.41) is 31.8. The second-order valence-electron chi connectivity index (χ2n) is 10.00. The molecule has 0 atom stereocenters. The smallest absolute Gasteiger partial charge is 0.335 e. The van der Waals surface area contributed by atoms with Crippen LogP contribution in [0.4, 0.5) is 5.69 Å². The Kier molecular flexibility index (Phi) is 7.03. The maximum absolute atomic E-state index is 12.5. The number of aromatic carboxylic acids is 2. The number of hydrogen-bond acceptors (Lipinski definition) is 4. The lowest BCUT2D eigenvalue weighted by Crippen LogP contribution is -2.18. The van der Waals surface area contributed by atoms with E-state index in [1.165, 1.54) is 12.1 Å². The zero-order valence-electron chi connectivity index (χ0n) is 19.4. The molecule has 0 fully saturated rings. The average Bonchev–Trinajstić information content (AvgIpc) is 2.64. The molecule has 32 heavy (non-hydrogen) atoms. The molecule has 0 saturated heterocycles. The van der Waals surface area contributed by atoms with E-state index in [-0.39, 0.29) is 45.7 Å². The van der Waals surface area contributed by atoms with Gasteiger partial charge >= 0.3 is 11.9 Å². The monoisotopic (exact) mass is 441 g/mol. The zero-order chi connectivity index (χ0) is 24.4. The Morgan fingerprint density at radius 1 is 0.781 bits per heavy atom. The highest BCUT2D eigenvalue weighted by Crippen LogP contribution is 2.40. The summed E-state index contributed by atoms with van der Waals surface area (Å²) in [6.45, 7) is 12.1. The number of rotatable bonds is 6. The van der Waals surface area contributed by atoms with Crippen LogP contribution in [0.25, 0.3) is 0 Å². The molecule has 0 aliphatic rings. The van der Waals surface area contributed by atoms with Gasteiger partial charge in [0.05, 0.1) is 11.1 Å². The van der Waals surface area contributed by atoms with Crippen LogP contribution in [0.3, 0.4) is 0 Å². The van der Waals surface area contributed by atoms with Crippen molar-refractivity contribution in [1.82, 2.24) is 0 Å². The summed E-state index contributed by atoms with van der Waals surface area (Å²) in [6, 6.07) is 7.31. The predicted molar refractivity (Wildman–Crippen MR) is 123 cm³/mol. The molecule has 0 heterocycles. The van der Waals surface area contributed by atoms with Crippen LogP contribution < -0.4 is 5.32 Å². The van der Waals surface area contributed by atoms with E-state index in [0.717, 1.165) is 22.8 Å². The third kappa shape index (κ3) is 6.09. The SMILES string of the molecule is CC(C)(C)c1cc(CCC(=O)Nc2cc(C(=O)O)cc(C(=O)O)c2)cc(C(C)(C)C)c1O. The van der Waals surface area contributed by atoms with E-state index >= 15 is 0 Å². The number of aromatic hydroxyl groups is 1. The average molecular weight is 442 g/mol. The van der Waals surface area contributed by atoms with Crippen LogP contribution in [-0.4, -0.2) is 33.2 Å². The number of hydrogen-bond donors (Lipinski definition) is 4. The van der Waals surface area contributed by atoms with Gasteiger partial charge in [-0.25, -0.2) is 9.59 Å². The summed E-state index contributed by atoms with van der Waals surface area (Å²) < 4.78 is 0. The molecule has 0 spiro atoms. The molecule has 0 bridgehead atoms. The lowest BCUT2D eigenvalue weighted by Gasteiger charge is -2.28. The van der Waals surface area contributed by atoms with Crippen LogP contribution >= 0.6 is 0 Å². The highest BCUT2D eigenvalue weighted by Gasteiger charge is 2.26. The first-order chi connectivity index (χ1) is 14.6. The van der Waals surface area contributed by atoms with E-state index in [1.807, 2.05) is 53.7 Å². The molecular formula is C25H31NO6. The highest BCUT2D eigenvalue weighted by molar-refractivity contribution is 5.98. The number of benzene rings is 2. The molecule has 2 rings (SSSR count). The fraction of sp³-hybridized carbons (Fsp3) is 0.400. The largest absolute Gasteiger partial charge is 0.507 e. The summed E-state index contributed by atoms with van der Waals surface area (Å²) >= 11 is 0. The molecular weight excluding hydrogens is 410 g/mol. The first-order valence-electron chi connectivity index (χ1n) is 10.4. The van der Waals surface area contributed by atoms with Crippen molar-refractivity contribution in [2.75, 3.05) is 5.32 Å². The molecule has 172 valence electrons. The number of carboxylic acids is 2. The Labute approximate surface area is 188 Å². The summed E-state index contributed by atoms with van der Waals surface area (Å²) in [5.41, 5.74) is 1.62. The Morgan fingerprint density at radius 3 is 1.59 bits per heavy atom. The fourth-order valence-electron chi connectivity index (χ4n) is 3.41.